The molecule has 1 heterocycles. The minimum atomic E-state index is -4.52. The van der Waals surface area contributed by atoms with E-state index in [2.05, 4.69) is 0 Å². The lowest BCUT2D eigenvalue weighted by Crippen LogP contribution is -2.39. The molecule has 0 aromatic heterocycles. The highest BCUT2D eigenvalue weighted by Crippen LogP contribution is 2.42. The van der Waals surface area contributed by atoms with Crippen molar-refractivity contribution < 1.29 is 23.1 Å². The second kappa shape index (κ2) is 7.52. The average molecular weight is 399 g/mol. The lowest BCUT2D eigenvalue weighted by Gasteiger charge is -2.33. The summed E-state index contributed by atoms with van der Waals surface area (Å²) in [6, 6.07) is 17.0. The molecule has 0 amide bonds. The van der Waals surface area contributed by atoms with Gasteiger partial charge in [0, 0.05) is 6.54 Å². The summed E-state index contributed by atoms with van der Waals surface area (Å²) in [5, 5.41) is 11.6. The Morgan fingerprint density at radius 3 is 2.41 bits per heavy atom. The van der Waals surface area contributed by atoms with Gasteiger partial charge in [0.15, 0.2) is 0 Å². The highest BCUT2D eigenvalue weighted by molar-refractivity contribution is 5.83. The second-order valence-electron chi connectivity index (χ2n) is 7.33. The first-order valence-corrected chi connectivity index (χ1v) is 9.49. The maximum Gasteiger partial charge on any atom is 0.416 e. The molecule has 29 heavy (non-hydrogen) atoms. The number of carbonyl (C=O) groups is 1. The molecule has 1 saturated heterocycles. The van der Waals surface area contributed by atoms with Gasteiger partial charge < -0.3 is 5.11 Å². The normalized spacial score (nSPS) is 18.8. The second-order valence-corrected chi connectivity index (χ2v) is 7.33. The third-order valence-corrected chi connectivity index (χ3v) is 5.56. The highest BCUT2D eigenvalue weighted by atomic mass is 19.4. The van der Waals surface area contributed by atoms with Crippen LogP contribution in [0.1, 0.15) is 35.6 Å². The summed E-state index contributed by atoms with van der Waals surface area (Å²) < 4.78 is 41.4. The molecule has 0 radical (unpaired) electrons. The zero-order valence-corrected chi connectivity index (χ0v) is 15.6. The molecular weight excluding hydrogens is 379 g/mol. The first kappa shape index (κ1) is 19.5. The van der Waals surface area contributed by atoms with Gasteiger partial charge in [-0.05, 0) is 46.9 Å². The SMILES string of the molecule is O=C(O)C1CCCN1C(c1ccc2ccccc2c1)c1ccccc1C(F)(F)F. The highest BCUT2D eigenvalue weighted by Gasteiger charge is 2.41. The van der Waals surface area contributed by atoms with Crippen LogP contribution in [0.3, 0.4) is 0 Å². The van der Waals surface area contributed by atoms with Crippen LogP contribution in [0.4, 0.5) is 13.2 Å². The molecule has 1 N–H and O–H groups in total. The van der Waals surface area contributed by atoms with Crippen molar-refractivity contribution in [3.63, 3.8) is 0 Å². The molecule has 3 aromatic carbocycles. The van der Waals surface area contributed by atoms with Gasteiger partial charge in [-0.2, -0.15) is 13.2 Å². The molecular formula is C23H20F3NO2. The molecule has 1 fully saturated rings. The lowest BCUT2D eigenvalue weighted by molar-refractivity contribution is -0.143. The summed E-state index contributed by atoms with van der Waals surface area (Å²) in [5.41, 5.74) is 0.0196. The van der Waals surface area contributed by atoms with Crippen LogP contribution in [0.5, 0.6) is 0 Å². The number of alkyl halides is 3. The van der Waals surface area contributed by atoms with Crippen LogP contribution in [0.25, 0.3) is 10.8 Å². The zero-order chi connectivity index (χ0) is 20.6. The first-order chi connectivity index (χ1) is 13.9. The van der Waals surface area contributed by atoms with Gasteiger partial charge in [0.1, 0.15) is 6.04 Å². The minimum absolute atomic E-state index is 0.0865. The number of hydrogen-bond acceptors (Lipinski definition) is 2. The van der Waals surface area contributed by atoms with Crippen LogP contribution < -0.4 is 0 Å². The summed E-state index contributed by atoms with van der Waals surface area (Å²) in [4.78, 5) is 13.5. The van der Waals surface area contributed by atoms with Crippen LogP contribution in [0.2, 0.25) is 0 Å². The molecule has 0 bridgehead atoms. The van der Waals surface area contributed by atoms with Crippen molar-refractivity contribution in [1.29, 1.82) is 0 Å². The minimum Gasteiger partial charge on any atom is -0.480 e. The monoisotopic (exact) mass is 399 g/mol. The number of nitrogens with zero attached hydrogens (tertiary/aromatic N) is 1. The number of benzene rings is 3. The molecule has 6 heteroatoms. The van der Waals surface area contributed by atoms with E-state index < -0.39 is 29.8 Å². The van der Waals surface area contributed by atoms with Crippen LogP contribution in [0.15, 0.2) is 66.7 Å². The van der Waals surface area contributed by atoms with Crippen molar-refractivity contribution >= 4 is 16.7 Å². The zero-order valence-electron chi connectivity index (χ0n) is 15.6. The number of carboxylic acid groups (broad SMARTS) is 1. The van der Waals surface area contributed by atoms with Crippen LogP contribution in [-0.2, 0) is 11.0 Å². The van der Waals surface area contributed by atoms with E-state index in [0.717, 1.165) is 16.8 Å². The molecule has 0 aliphatic carbocycles. The van der Waals surface area contributed by atoms with Gasteiger partial charge in [-0.3, -0.25) is 9.69 Å². The molecule has 3 nitrogen and oxygen atoms in total. The van der Waals surface area contributed by atoms with Crippen molar-refractivity contribution in [2.75, 3.05) is 6.54 Å². The van der Waals surface area contributed by atoms with Crippen molar-refractivity contribution in [2.45, 2.75) is 31.1 Å². The Labute approximate surface area is 166 Å². The predicted molar refractivity (Wildman–Crippen MR) is 105 cm³/mol. The standard InChI is InChI=1S/C23H20F3NO2/c24-23(25,26)19-9-4-3-8-18(19)21(27-13-5-10-20(27)22(28)29)17-12-11-15-6-1-2-7-16(15)14-17/h1-4,6-9,11-12,14,20-21H,5,10,13H2,(H,28,29). The number of likely N-dealkylation sites (tertiary alicyclic amines) is 1. The summed E-state index contributed by atoms with van der Waals surface area (Å²) in [5.74, 6) is -1.00. The fourth-order valence-electron chi connectivity index (χ4n) is 4.28. The van der Waals surface area contributed by atoms with E-state index >= 15 is 0 Å². The third-order valence-electron chi connectivity index (χ3n) is 5.56. The number of aliphatic carboxylic acids is 1. The summed E-state index contributed by atoms with van der Waals surface area (Å²) in [6.45, 7) is 0.431. The number of carboxylic acids is 1. The first-order valence-electron chi connectivity index (χ1n) is 9.49. The Balaban J connectivity index is 1.92. The maximum absolute atomic E-state index is 13.8. The van der Waals surface area contributed by atoms with Crippen molar-refractivity contribution in [3.05, 3.63) is 83.4 Å². The fourth-order valence-corrected chi connectivity index (χ4v) is 4.28. The number of hydrogen-bond donors (Lipinski definition) is 1. The average Bonchev–Trinajstić information content (AvgIpc) is 3.17. The van der Waals surface area contributed by atoms with Gasteiger partial charge in [-0.25, -0.2) is 0 Å². The van der Waals surface area contributed by atoms with Gasteiger partial charge in [-0.15, -0.1) is 0 Å². The molecule has 0 saturated carbocycles. The molecule has 4 rings (SSSR count). The van der Waals surface area contributed by atoms with Gasteiger partial charge in [0.25, 0.3) is 0 Å². The van der Waals surface area contributed by atoms with E-state index in [1.807, 2.05) is 36.4 Å². The summed E-state index contributed by atoms with van der Waals surface area (Å²) >= 11 is 0. The lowest BCUT2D eigenvalue weighted by atomic mass is 9.91. The van der Waals surface area contributed by atoms with Crippen LogP contribution in [0, 0.1) is 0 Å². The van der Waals surface area contributed by atoms with Crippen molar-refractivity contribution in [2.24, 2.45) is 0 Å². The Kier molecular flexibility index (Phi) is 5.04. The van der Waals surface area contributed by atoms with Crippen LogP contribution in [-0.4, -0.2) is 28.6 Å². The van der Waals surface area contributed by atoms with E-state index in [-0.39, 0.29) is 5.56 Å². The largest absolute Gasteiger partial charge is 0.480 e. The number of halogens is 3. The number of fused-ring (bicyclic) bond motifs is 1. The smallest absolute Gasteiger partial charge is 0.416 e. The maximum atomic E-state index is 13.8. The van der Waals surface area contributed by atoms with Crippen LogP contribution >= 0.6 is 0 Å². The topological polar surface area (TPSA) is 40.5 Å². The number of rotatable bonds is 4. The Morgan fingerprint density at radius 1 is 1.00 bits per heavy atom. The van der Waals surface area contributed by atoms with E-state index in [9.17, 15) is 23.1 Å². The van der Waals surface area contributed by atoms with E-state index in [4.69, 9.17) is 0 Å². The summed E-state index contributed by atoms with van der Waals surface area (Å²) in [7, 11) is 0. The van der Waals surface area contributed by atoms with Gasteiger partial charge in [-0.1, -0.05) is 54.6 Å². The quantitative estimate of drug-likeness (QED) is 0.630. The van der Waals surface area contributed by atoms with Gasteiger partial charge in [0.2, 0.25) is 0 Å². The van der Waals surface area contributed by atoms with Crippen molar-refractivity contribution in [1.82, 2.24) is 4.90 Å². The van der Waals surface area contributed by atoms with E-state index in [1.54, 1.807) is 17.0 Å². The molecule has 3 aromatic rings. The predicted octanol–water partition coefficient (Wildman–Crippen LogP) is 5.50. The fraction of sp³-hybridized carbons (Fsp3) is 0.261. The third kappa shape index (κ3) is 3.72. The Morgan fingerprint density at radius 2 is 1.69 bits per heavy atom. The Hall–Kier alpha value is -2.86. The molecule has 0 spiro atoms. The Bertz CT molecular complexity index is 1050. The van der Waals surface area contributed by atoms with E-state index in [0.29, 0.717) is 24.9 Å². The van der Waals surface area contributed by atoms with Crippen molar-refractivity contribution in [3.8, 4) is 0 Å². The van der Waals surface area contributed by atoms with Gasteiger partial charge in [0.05, 0.1) is 11.6 Å². The molecule has 150 valence electrons. The van der Waals surface area contributed by atoms with Gasteiger partial charge >= 0.3 is 12.1 Å². The summed E-state index contributed by atoms with van der Waals surface area (Å²) in [6.07, 6.45) is -3.47. The molecule has 2 atom stereocenters. The molecule has 1 aliphatic heterocycles. The molecule has 2 unspecified atom stereocenters. The van der Waals surface area contributed by atoms with E-state index in [1.165, 1.54) is 12.1 Å². The molecule has 1 aliphatic rings.